The lowest BCUT2D eigenvalue weighted by Crippen LogP contribution is -2.44. The van der Waals surface area contributed by atoms with E-state index >= 15 is 4.39 Å². The summed E-state index contributed by atoms with van der Waals surface area (Å²) in [5.41, 5.74) is 10.1. The average Bonchev–Trinajstić information content (AvgIpc) is 3.39. The number of hydrogen-bond donors (Lipinski definition) is 1. The van der Waals surface area contributed by atoms with Gasteiger partial charge in [0.05, 0.1) is 34.3 Å². The number of nitrogens with zero attached hydrogens (tertiary/aromatic N) is 4. The van der Waals surface area contributed by atoms with Gasteiger partial charge in [0.2, 0.25) is 0 Å². The standard InChI is InChI=1S/C29H24FN5O/c1-3-16-6-4-7-19-25(16)23-14-24(34(2)28(19)36)27-33-21-9-8-17(13-22(21)35(23)27)18-12-20(30)26(32-15-18)29(31)10-5-11-29/h1,4,6-9,12-13,15,23-24H,5,10-11,14,31H2,2H3/t23-,24-/m1/s1/i2D3. The zero-order valence-corrected chi connectivity index (χ0v) is 19.3. The number of amides is 1. The monoisotopic (exact) mass is 480 g/mol. The van der Waals surface area contributed by atoms with Crippen LogP contribution in [0.25, 0.3) is 22.2 Å². The fourth-order valence-electron chi connectivity index (χ4n) is 6.01. The molecular formula is C29H24FN5O. The molecule has 7 heteroatoms. The van der Waals surface area contributed by atoms with Crippen molar-refractivity contribution >= 4 is 16.9 Å². The third kappa shape index (κ3) is 2.73. The molecule has 7 rings (SSSR count). The van der Waals surface area contributed by atoms with Crippen LogP contribution in [0.5, 0.6) is 0 Å². The molecule has 2 N–H and O–H groups in total. The van der Waals surface area contributed by atoms with Crippen molar-refractivity contribution in [2.24, 2.45) is 5.73 Å². The molecule has 2 aliphatic heterocycles. The number of nitrogens with two attached hydrogens (primary N) is 1. The van der Waals surface area contributed by atoms with Gasteiger partial charge in [0.25, 0.3) is 5.91 Å². The zero-order valence-electron chi connectivity index (χ0n) is 22.3. The van der Waals surface area contributed by atoms with Crippen molar-refractivity contribution in [3.63, 3.8) is 0 Å². The van der Waals surface area contributed by atoms with Crippen LogP contribution >= 0.6 is 0 Å². The molecule has 2 bridgehead atoms. The van der Waals surface area contributed by atoms with Gasteiger partial charge in [-0.3, -0.25) is 9.78 Å². The first-order chi connectivity index (χ1) is 18.6. The van der Waals surface area contributed by atoms with Crippen molar-refractivity contribution in [3.8, 4) is 23.5 Å². The van der Waals surface area contributed by atoms with Crippen LogP contribution in [0.4, 0.5) is 4.39 Å². The summed E-state index contributed by atoms with van der Waals surface area (Å²) in [6.07, 6.45) is 10.2. The number of halogens is 1. The maximum absolute atomic E-state index is 15.1. The number of rotatable bonds is 2. The van der Waals surface area contributed by atoms with Gasteiger partial charge in [0.15, 0.2) is 0 Å². The summed E-state index contributed by atoms with van der Waals surface area (Å²) in [5.74, 6) is 2.15. The number of fused-ring (bicyclic) bond motifs is 9. The molecule has 6 nitrogen and oxygen atoms in total. The molecule has 2 aromatic heterocycles. The number of carbonyl (C=O) groups excluding carboxylic acids is 1. The molecule has 178 valence electrons. The Labute approximate surface area is 212 Å². The SMILES string of the molecule is [2H]C([2H])([2H])N1C(=O)c2cccc(C#C)c2[C@H]2C[C@@H]1c1nc3ccc(-c4cnc(C5(N)CCC5)c(F)c4)cc3n12. The predicted octanol–water partition coefficient (Wildman–Crippen LogP) is 4.68. The molecule has 36 heavy (non-hydrogen) atoms. The van der Waals surface area contributed by atoms with Gasteiger partial charge in [-0.15, -0.1) is 6.42 Å². The van der Waals surface area contributed by atoms with E-state index in [0.717, 1.165) is 22.4 Å². The number of pyridine rings is 1. The number of terminal acetylenes is 1. The number of carbonyl (C=O) groups is 1. The predicted molar refractivity (Wildman–Crippen MR) is 135 cm³/mol. The highest BCUT2D eigenvalue weighted by Gasteiger charge is 2.44. The second-order valence-electron chi connectivity index (χ2n) is 9.96. The molecule has 2 aromatic carbocycles. The van der Waals surface area contributed by atoms with Crippen molar-refractivity contribution in [3.05, 3.63) is 82.7 Å². The van der Waals surface area contributed by atoms with Crippen LogP contribution in [0.1, 0.15) is 74.9 Å². The smallest absolute Gasteiger partial charge is 0.254 e. The maximum atomic E-state index is 15.1. The molecular weight excluding hydrogens is 453 g/mol. The first kappa shape index (κ1) is 18.3. The minimum atomic E-state index is -2.68. The van der Waals surface area contributed by atoms with Gasteiger partial charge in [0.1, 0.15) is 11.6 Å². The third-order valence-corrected chi connectivity index (χ3v) is 8.02. The molecule has 1 saturated carbocycles. The molecule has 1 amide bonds. The Morgan fingerprint density at radius 2 is 2.08 bits per heavy atom. The lowest BCUT2D eigenvalue weighted by Gasteiger charge is -2.37. The van der Waals surface area contributed by atoms with E-state index in [4.69, 9.17) is 21.3 Å². The minimum Gasteiger partial charge on any atom is -0.331 e. The summed E-state index contributed by atoms with van der Waals surface area (Å²) in [7, 11) is 0. The summed E-state index contributed by atoms with van der Waals surface area (Å²) >= 11 is 0. The van der Waals surface area contributed by atoms with Crippen LogP contribution < -0.4 is 5.73 Å². The number of hydrogen-bond acceptors (Lipinski definition) is 4. The van der Waals surface area contributed by atoms with Crippen LogP contribution in [0.2, 0.25) is 0 Å². The number of imidazole rings is 1. The summed E-state index contributed by atoms with van der Waals surface area (Å²) in [6.45, 7) is -2.68. The van der Waals surface area contributed by atoms with Gasteiger partial charge < -0.3 is 15.2 Å². The normalized spacial score (nSPS) is 23.1. The van der Waals surface area contributed by atoms with E-state index in [2.05, 4.69) is 10.9 Å². The molecule has 0 saturated heterocycles. The van der Waals surface area contributed by atoms with E-state index in [1.165, 1.54) is 6.07 Å². The van der Waals surface area contributed by atoms with Gasteiger partial charge in [-0.1, -0.05) is 18.1 Å². The Morgan fingerprint density at radius 3 is 2.81 bits per heavy atom. The first-order valence-electron chi connectivity index (χ1n) is 13.5. The lowest BCUT2D eigenvalue weighted by atomic mass is 9.75. The van der Waals surface area contributed by atoms with Gasteiger partial charge in [-0.25, -0.2) is 9.37 Å². The summed E-state index contributed by atoms with van der Waals surface area (Å²) < 4.78 is 41.6. The van der Waals surface area contributed by atoms with Crippen molar-refractivity contribution < 1.29 is 13.3 Å². The van der Waals surface area contributed by atoms with Crippen LogP contribution in [-0.4, -0.2) is 32.3 Å². The van der Waals surface area contributed by atoms with Gasteiger partial charge in [-0.2, -0.15) is 0 Å². The fraction of sp³-hybridized carbons (Fsp3) is 0.276. The van der Waals surface area contributed by atoms with Crippen molar-refractivity contribution in [1.82, 2.24) is 19.4 Å². The van der Waals surface area contributed by atoms with E-state index in [0.29, 0.717) is 53.0 Å². The first-order valence-corrected chi connectivity index (χ1v) is 12.0. The van der Waals surface area contributed by atoms with Gasteiger partial charge in [-0.05, 0) is 55.2 Å². The maximum Gasteiger partial charge on any atom is 0.254 e. The molecule has 2 atom stereocenters. The van der Waals surface area contributed by atoms with Crippen molar-refractivity contribution in [2.45, 2.75) is 43.3 Å². The molecule has 1 aliphatic carbocycles. The lowest BCUT2D eigenvalue weighted by molar-refractivity contribution is 0.0734. The summed E-state index contributed by atoms with van der Waals surface area (Å²) in [6, 6.07) is 10.9. The van der Waals surface area contributed by atoms with E-state index in [9.17, 15) is 4.79 Å². The van der Waals surface area contributed by atoms with Crippen LogP contribution in [0.15, 0.2) is 48.7 Å². The van der Waals surface area contributed by atoms with E-state index < -0.39 is 36.3 Å². The minimum absolute atomic E-state index is 0.284. The molecule has 3 aliphatic rings. The van der Waals surface area contributed by atoms with Crippen LogP contribution in [0.3, 0.4) is 0 Å². The third-order valence-electron chi connectivity index (χ3n) is 8.02. The Bertz CT molecular complexity index is 1750. The van der Waals surface area contributed by atoms with Gasteiger partial charge in [0, 0.05) is 46.0 Å². The summed E-state index contributed by atoms with van der Waals surface area (Å²) in [5, 5.41) is 0. The highest BCUT2D eigenvalue weighted by Crippen LogP contribution is 2.48. The Morgan fingerprint density at radius 1 is 1.22 bits per heavy atom. The Hall–Kier alpha value is -4.02. The number of benzene rings is 2. The largest absolute Gasteiger partial charge is 0.331 e. The van der Waals surface area contributed by atoms with Crippen molar-refractivity contribution in [2.75, 3.05) is 6.98 Å². The summed E-state index contributed by atoms with van der Waals surface area (Å²) in [4.78, 5) is 23.7. The van der Waals surface area contributed by atoms with E-state index in [1.807, 2.05) is 22.8 Å². The highest BCUT2D eigenvalue weighted by molar-refractivity contribution is 5.98. The zero-order chi connectivity index (χ0) is 27.3. The Balaban J connectivity index is 1.42. The second-order valence-corrected chi connectivity index (χ2v) is 9.96. The quantitative estimate of drug-likeness (QED) is 0.423. The molecule has 4 aromatic rings. The van der Waals surface area contributed by atoms with Crippen LogP contribution in [-0.2, 0) is 5.54 Å². The topological polar surface area (TPSA) is 77.0 Å². The van der Waals surface area contributed by atoms with Crippen molar-refractivity contribution in [1.29, 1.82) is 0 Å². The number of aromatic nitrogens is 3. The fourth-order valence-corrected chi connectivity index (χ4v) is 6.01. The average molecular weight is 481 g/mol. The van der Waals surface area contributed by atoms with E-state index in [1.54, 1.807) is 24.4 Å². The molecule has 0 spiro atoms. The molecule has 4 heterocycles. The van der Waals surface area contributed by atoms with Crippen LogP contribution in [0, 0.1) is 18.2 Å². The molecule has 0 radical (unpaired) electrons. The Kier molecular flexibility index (Phi) is 3.68. The second kappa shape index (κ2) is 7.25. The van der Waals surface area contributed by atoms with Gasteiger partial charge >= 0.3 is 0 Å². The highest BCUT2D eigenvalue weighted by atomic mass is 19.1. The molecule has 1 fully saturated rings. The van der Waals surface area contributed by atoms with E-state index in [-0.39, 0.29) is 5.56 Å². The molecule has 0 unspecified atom stereocenters.